The maximum atomic E-state index is 10.9. The maximum absolute atomic E-state index is 10.9. The number of hydrogen-bond donors (Lipinski definition) is 3. The molecule has 0 amide bonds. The summed E-state index contributed by atoms with van der Waals surface area (Å²) in [7, 11) is 0. The van der Waals surface area contributed by atoms with E-state index < -0.39 is 17.1 Å². The van der Waals surface area contributed by atoms with E-state index in [1.807, 2.05) is 0 Å². The minimum Gasteiger partial charge on any atom is -0.507 e. The lowest BCUT2D eigenvalue weighted by Gasteiger charge is -2.23. The zero-order valence-corrected chi connectivity index (χ0v) is 9.96. The molecule has 1 aromatic rings. The first-order valence-electron chi connectivity index (χ1n) is 4.64. The zero-order valence-electron chi connectivity index (χ0n) is 9.21. The highest BCUT2D eigenvalue weighted by Gasteiger charge is 2.28. The van der Waals surface area contributed by atoms with Gasteiger partial charge >= 0.3 is 5.97 Å². The average Bonchev–Trinajstić information content (AvgIpc) is 2.08. The largest absolute Gasteiger partial charge is 0.507 e. The van der Waals surface area contributed by atoms with Gasteiger partial charge in [0, 0.05) is 5.56 Å². The van der Waals surface area contributed by atoms with Crippen molar-refractivity contribution >= 4 is 17.6 Å². The van der Waals surface area contributed by atoms with E-state index in [0.29, 0.717) is 0 Å². The van der Waals surface area contributed by atoms with Crippen LogP contribution in [0.3, 0.4) is 0 Å². The molecule has 0 heterocycles. The third kappa shape index (κ3) is 2.07. The molecule has 0 fully saturated rings. The van der Waals surface area contributed by atoms with Gasteiger partial charge in [-0.2, -0.15) is 0 Å². The molecular formula is C11H13ClO4. The summed E-state index contributed by atoms with van der Waals surface area (Å²) in [4.78, 5) is 10.9. The molecular weight excluding hydrogens is 232 g/mol. The number of phenolic OH excluding ortho intramolecular Hbond substituents is 1. The van der Waals surface area contributed by atoms with Crippen molar-refractivity contribution in [3.05, 3.63) is 22.2 Å². The van der Waals surface area contributed by atoms with Gasteiger partial charge in [-0.15, -0.1) is 0 Å². The molecule has 0 aliphatic heterocycles. The highest BCUT2D eigenvalue weighted by Crippen LogP contribution is 2.43. The number of carboxylic acid groups (broad SMARTS) is 1. The molecule has 3 N–H and O–H groups in total. The lowest BCUT2D eigenvalue weighted by Crippen LogP contribution is -2.14. The SMILES string of the molecule is CC(C)(C)c1c(O)c(C(=O)O)cc(O)c1Cl. The van der Waals surface area contributed by atoms with Crippen LogP contribution in [0.1, 0.15) is 36.7 Å². The third-order valence-corrected chi connectivity index (χ3v) is 2.58. The van der Waals surface area contributed by atoms with Gasteiger partial charge in [-0.3, -0.25) is 0 Å². The van der Waals surface area contributed by atoms with Crippen LogP contribution >= 0.6 is 11.6 Å². The molecule has 0 atom stereocenters. The number of benzene rings is 1. The summed E-state index contributed by atoms with van der Waals surface area (Å²) in [5.74, 6) is -2.06. The van der Waals surface area contributed by atoms with Crippen molar-refractivity contribution < 1.29 is 20.1 Å². The van der Waals surface area contributed by atoms with Crippen molar-refractivity contribution in [1.82, 2.24) is 0 Å². The number of carboxylic acids is 1. The molecule has 16 heavy (non-hydrogen) atoms. The fourth-order valence-electron chi connectivity index (χ4n) is 1.48. The van der Waals surface area contributed by atoms with E-state index in [1.165, 1.54) is 0 Å². The highest BCUT2D eigenvalue weighted by atomic mass is 35.5. The number of rotatable bonds is 1. The Kier molecular flexibility index (Phi) is 3.06. The van der Waals surface area contributed by atoms with Crippen LogP contribution in [0.4, 0.5) is 0 Å². The van der Waals surface area contributed by atoms with Gasteiger partial charge in [0.2, 0.25) is 0 Å². The van der Waals surface area contributed by atoms with Gasteiger partial charge in [-0.25, -0.2) is 4.79 Å². The van der Waals surface area contributed by atoms with Gasteiger partial charge in [-0.1, -0.05) is 32.4 Å². The predicted octanol–water partition coefficient (Wildman–Crippen LogP) is 2.75. The second-order valence-electron chi connectivity index (χ2n) is 4.54. The summed E-state index contributed by atoms with van der Waals surface area (Å²) >= 11 is 5.86. The number of halogens is 1. The van der Waals surface area contributed by atoms with E-state index in [1.54, 1.807) is 20.8 Å². The molecule has 0 saturated heterocycles. The van der Waals surface area contributed by atoms with Crippen molar-refractivity contribution in [3.8, 4) is 11.5 Å². The van der Waals surface area contributed by atoms with E-state index >= 15 is 0 Å². The highest BCUT2D eigenvalue weighted by molar-refractivity contribution is 6.33. The Labute approximate surface area is 98.1 Å². The molecule has 0 aromatic heterocycles. The summed E-state index contributed by atoms with van der Waals surface area (Å²) in [5, 5.41) is 28.2. The number of phenols is 2. The van der Waals surface area contributed by atoms with Crippen LogP contribution in [0.2, 0.25) is 5.02 Å². The zero-order chi connectivity index (χ0) is 12.7. The summed E-state index contributed by atoms with van der Waals surface area (Å²) < 4.78 is 0. The van der Waals surface area contributed by atoms with Crippen molar-refractivity contribution in [3.63, 3.8) is 0 Å². The van der Waals surface area contributed by atoms with Gasteiger partial charge in [0.25, 0.3) is 0 Å². The van der Waals surface area contributed by atoms with Crippen molar-refractivity contribution in [2.24, 2.45) is 0 Å². The molecule has 0 bridgehead atoms. The van der Waals surface area contributed by atoms with E-state index in [2.05, 4.69) is 0 Å². The van der Waals surface area contributed by atoms with Crippen molar-refractivity contribution in [1.29, 1.82) is 0 Å². The van der Waals surface area contributed by atoms with Crippen LogP contribution in [0.25, 0.3) is 0 Å². The smallest absolute Gasteiger partial charge is 0.339 e. The fourth-order valence-corrected chi connectivity index (χ4v) is 1.91. The van der Waals surface area contributed by atoms with Crippen molar-refractivity contribution in [2.45, 2.75) is 26.2 Å². The van der Waals surface area contributed by atoms with Crippen LogP contribution in [0.5, 0.6) is 11.5 Å². The van der Waals surface area contributed by atoms with Gasteiger partial charge in [0.15, 0.2) is 0 Å². The molecule has 0 spiro atoms. The van der Waals surface area contributed by atoms with Crippen LogP contribution in [0, 0.1) is 0 Å². The van der Waals surface area contributed by atoms with E-state index in [4.69, 9.17) is 16.7 Å². The molecule has 0 saturated carbocycles. The molecule has 0 radical (unpaired) electrons. The van der Waals surface area contributed by atoms with Gasteiger partial charge in [-0.05, 0) is 11.5 Å². The Bertz CT molecular complexity index is 446. The standard InChI is InChI=1S/C11H13ClO4/c1-11(2,3)7-8(12)6(13)4-5(9(7)14)10(15)16/h4,13-14H,1-3H3,(H,15,16). The predicted molar refractivity (Wildman–Crippen MR) is 60.4 cm³/mol. The third-order valence-electron chi connectivity index (χ3n) is 2.20. The quantitative estimate of drug-likeness (QED) is 0.664. The number of hydrogen-bond acceptors (Lipinski definition) is 3. The second kappa shape index (κ2) is 3.87. The molecule has 88 valence electrons. The monoisotopic (exact) mass is 244 g/mol. The molecule has 0 aliphatic rings. The Hall–Kier alpha value is -1.42. The second-order valence-corrected chi connectivity index (χ2v) is 4.91. The Morgan fingerprint density at radius 3 is 2.19 bits per heavy atom. The number of aromatic hydroxyl groups is 2. The minimum atomic E-state index is -1.31. The number of carbonyl (C=O) groups is 1. The molecule has 0 aliphatic carbocycles. The summed E-state index contributed by atoms with van der Waals surface area (Å²) in [5.41, 5.74) is -0.692. The average molecular weight is 245 g/mol. The fraction of sp³-hybridized carbons (Fsp3) is 0.364. The summed E-state index contributed by atoms with van der Waals surface area (Å²) in [6.07, 6.45) is 0. The Morgan fingerprint density at radius 1 is 1.31 bits per heavy atom. The van der Waals surface area contributed by atoms with E-state index in [9.17, 15) is 15.0 Å². The van der Waals surface area contributed by atoms with E-state index in [0.717, 1.165) is 6.07 Å². The summed E-state index contributed by atoms with van der Waals surface area (Å²) in [6, 6.07) is 0.940. The molecule has 1 aromatic carbocycles. The molecule has 5 heteroatoms. The van der Waals surface area contributed by atoms with Gasteiger partial charge in [0.1, 0.15) is 17.1 Å². The van der Waals surface area contributed by atoms with Gasteiger partial charge < -0.3 is 15.3 Å². The molecule has 4 nitrogen and oxygen atoms in total. The van der Waals surface area contributed by atoms with Crippen LogP contribution < -0.4 is 0 Å². The lowest BCUT2D eigenvalue weighted by atomic mass is 9.85. The van der Waals surface area contributed by atoms with Crippen LogP contribution in [-0.4, -0.2) is 21.3 Å². The van der Waals surface area contributed by atoms with Crippen LogP contribution in [-0.2, 0) is 5.41 Å². The maximum Gasteiger partial charge on any atom is 0.339 e. The van der Waals surface area contributed by atoms with Gasteiger partial charge in [0.05, 0.1) is 5.02 Å². The van der Waals surface area contributed by atoms with E-state index in [-0.39, 0.29) is 21.9 Å². The Morgan fingerprint density at radius 2 is 1.81 bits per heavy atom. The first kappa shape index (κ1) is 12.6. The lowest BCUT2D eigenvalue weighted by molar-refractivity contribution is 0.0693. The molecule has 0 unspecified atom stereocenters. The first-order chi connectivity index (χ1) is 7.16. The van der Waals surface area contributed by atoms with Crippen molar-refractivity contribution in [2.75, 3.05) is 0 Å². The minimum absolute atomic E-state index is 0.0185. The first-order valence-corrected chi connectivity index (χ1v) is 5.02. The Balaban J connectivity index is 3.66. The summed E-state index contributed by atoms with van der Waals surface area (Å²) in [6.45, 7) is 5.29. The van der Waals surface area contributed by atoms with Crippen LogP contribution in [0.15, 0.2) is 6.07 Å². The number of aromatic carboxylic acids is 1. The topological polar surface area (TPSA) is 77.8 Å². The molecule has 1 rings (SSSR count). The normalized spacial score (nSPS) is 11.5.